The van der Waals surface area contributed by atoms with Crippen molar-refractivity contribution in [3.8, 4) is 0 Å². The van der Waals surface area contributed by atoms with E-state index in [4.69, 9.17) is 9.05 Å². The zero-order chi connectivity index (χ0) is 28.2. The Labute approximate surface area is 239 Å². The van der Waals surface area contributed by atoms with Crippen LogP contribution in [-0.2, 0) is 13.6 Å². The second-order valence-electron chi connectivity index (χ2n) is 13.3. The van der Waals surface area contributed by atoms with Gasteiger partial charge in [-0.05, 0) is 107 Å². The van der Waals surface area contributed by atoms with Gasteiger partial charge in [0.25, 0.3) is 5.56 Å². The minimum atomic E-state index is -3.84. The third-order valence-corrected chi connectivity index (χ3v) is 13.1. The number of benzene rings is 1. The van der Waals surface area contributed by atoms with Crippen molar-refractivity contribution in [2.75, 3.05) is 13.2 Å². The summed E-state index contributed by atoms with van der Waals surface area (Å²) in [6.07, 6.45) is 9.80. The molecule has 7 nitrogen and oxygen atoms in total. The molecule has 3 aliphatic carbocycles. The summed E-state index contributed by atoms with van der Waals surface area (Å²) in [5.74, 6) is 3.99. The molecule has 3 saturated carbocycles. The van der Waals surface area contributed by atoms with E-state index in [-0.39, 0.29) is 30.2 Å². The zero-order valence-corrected chi connectivity index (χ0v) is 25.9. The molecule has 5 aliphatic rings. The highest BCUT2D eigenvalue weighted by Crippen LogP contribution is 2.51. The number of fused-ring (bicyclic) bond motifs is 8. The van der Waals surface area contributed by atoms with Gasteiger partial charge < -0.3 is 13.6 Å². The molecule has 0 radical (unpaired) electrons. The third-order valence-electron chi connectivity index (χ3n) is 11.1. The SMILES string of the molecule is CCOP(=O)(OCC)c1nc2ccccc2n([C@@H]2CC3C(C)CC[C@H](C2)N3[C@H]2CC(C)C(C)[C@H]3C[C@@H](C2)C3)c1=O. The lowest BCUT2D eigenvalue weighted by molar-refractivity contribution is -0.0755. The fourth-order valence-corrected chi connectivity index (χ4v) is 10.4. The summed E-state index contributed by atoms with van der Waals surface area (Å²) in [7, 11) is -3.84. The maximum absolute atomic E-state index is 14.2. The van der Waals surface area contributed by atoms with Crippen molar-refractivity contribution in [3.63, 3.8) is 0 Å². The average Bonchev–Trinajstić information content (AvgIpc) is 2.90. The molecular weight excluding hydrogens is 521 g/mol. The highest BCUT2D eigenvalue weighted by atomic mass is 31.2. The van der Waals surface area contributed by atoms with Crippen LogP contribution >= 0.6 is 7.60 Å². The standard InChI is InChI=1S/C32H48N3O4P/c1-6-38-40(37,39-7-2)31-32(36)35(29-11-9-8-10-28(29)33-31)27-18-25-13-12-20(3)30(19-27)34(25)26-14-21(4)22(5)24-15-23(16-24)17-26/h8-11,20-27,30H,6-7,12-19H2,1-5H3/t20?,21?,22?,23-,24+,25-,26+,27+,30?/m1/s1. The van der Waals surface area contributed by atoms with Crippen LogP contribution in [0.2, 0.25) is 0 Å². The zero-order valence-electron chi connectivity index (χ0n) is 25.0. The predicted octanol–water partition coefficient (Wildman–Crippen LogP) is 6.55. The molecular formula is C32H48N3O4P. The van der Waals surface area contributed by atoms with Crippen molar-refractivity contribution < 1.29 is 13.6 Å². The van der Waals surface area contributed by atoms with Gasteiger partial charge in [-0.3, -0.25) is 14.3 Å². The minimum absolute atomic E-state index is 0.0304. The lowest BCUT2D eigenvalue weighted by Crippen LogP contribution is -2.61. The van der Waals surface area contributed by atoms with Gasteiger partial charge in [0.05, 0.1) is 24.2 Å². The van der Waals surface area contributed by atoms with Crippen LogP contribution in [-0.4, -0.2) is 45.8 Å². The van der Waals surface area contributed by atoms with E-state index in [1.165, 1.54) is 38.5 Å². The third kappa shape index (κ3) is 4.93. The molecule has 2 aliphatic heterocycles. The van der Waals surface area contributed by atoms with Gasteiger partial charge in [0.15, 0.2) is 0 Å². The lowest BCUT2D eigenvalue weighted by atomic mass is 9.60. The number of aromatic nitrogens is 2. The Morgan fingerprint density at radius 1 is 0.875 bits per heavy atom. The molecule has 0 N–H and O–H groups in total. The molecule has 7 atom stereocenters. The van der Waals surface area contributed by atoms with Crippen molar-refractivity contribution in [2.45, 2.75) is 110 Å². The molecule has 2 aromatic rings. The Bertz CT molecular complexity index is 1310. The van der Waals surface area contributed by atoms with Gasteiger partial charge in [-0.15, -0.1) is 0 Å². The first-order valence-electron chi connectivity index (χ1n) is 15.9. The molecule has 4 bridgehead atoms. The Morgan fingerprint density at radius 2 is 1.60 bits per heavy atom. The Balaban J connectivity index is 1.38. The van der Waals surface area contributed by atoms with Gasteiger partial charge in [0.2, 0.25) is 5.44 Å². The first-order valence-corrected chi connectivity index (χ1v) is 17.5. The fraction of sp³-hybridized carbons (Fsp3) is 0.750. The summed E-state index contributed by atoms with van der Waals surface area (Å²) in [4.78, 5) is 21.8. The van der Waals surface area contributed by atoms with E-state index in [2.05, 4.69) is 30.7 Å². The first-order chi connectivity index (χ1) is 19.2. The molecule has 0 spiro atoms. The van der Waals surface area contributed by atoms with E-state index in [9.17, 15) is 9.36 Å². The van der Waals surface area contributed by atoms with Gasteiger partial charge in [0, 0.05) is 24.2 Å². The van der Waals surface area contributed by atoms with Crippen LogP contribution in [0.15, 0.2) is 29.1 Å². The van der Waals surface area contributed by atoms with Crippen LogP contribution in [0.1, 0.15) is 92.0 Å². The molecule has 8 heteroatoms. The number of hydrogen-bond donors (Lipinski definition) is 0. The Morgan fingerprint density at radius 3 is 2.33 bits per heavy atom. The summed E-state index contributed by atoms with van der Waals surface area (Å²) >= 11 is 0. The normalized spacial score (nSPS) is 36.6. The van der Waals surface area contributed by atoms with Crippen LogP contribution < -0.4 is 11.0 Å². The van der Waals surface area contributed by atoms with Gasteiger partial charge in [0.1, 0.15) is 0 Å². The van der Waals surface area contributed by atoms with Crippen LogP contribution in [0.3, 0.4) is 0 Å². The van der Waals surface area contributed by atoms with Crippen molar-refractivity contribution >= 4 is 24.1 Å². The number of rotatable bonds is 7. The van der Waals surface area contributed by atoms with Crippen LogP contribution in [0.4, 0.5) is 0 Å². The fourth-order valence-electron chi connectivity index (χ4n) is 8.85. The summed E-state index contributed by atoms with van der Waals surface area (Å²) < 4.78 is 27.0. The Hall–Kier alpha value is -1.53. The van der Waals surface area contributed by atoms with E-state index < -0.39 is 7.60 Å². The van der Waals surface area contributed by atoms with E-state index >= 15 is 0 Å². The van der Waals surface area contributed by atoms with E-state index in [0.717, 1.165) is 42.0 Å². The molecule has 0 amide bonds. The lowest BCUT2D eigenvalue weighted by Gasteiger charge is -2.57. The van der Waals surface area contributed by atoms with Gasteiger partial charge in [-0.1, -0.05) is 32.9 Å². The highest BCUT2D eigenvalue weighted by molar-refractivity contribution is 7.61. The second-order valence-corrected chi connectivity index (χ2v) is 15.3. The van der Waals surface area contributed by atoms with Crippen LogP contribution in [0, 0.1) is 29.6 Å². The largest absolute Gasteiger partial charge is 0.385 e. The smallest absolute Gasteiger partial charge is 0.304 e. The molecule has 4 unspecified atom stereocenters. The minimum Gasteiger partial charge on any atom is -0.304 e. The van der Waals surface area contributed by atoms with E-state index in [1.54, 1.807) is 13.8 Å². The quantitative estimate of drug-likeness (QED) is 0.352. The van der Waals surface area contributed by atoms with E-state index in [0.29, 0.717) is 29.6 Å². The predicted molar refractivity (Wildman–Crippen MR) is 160 cm³/mol. The topological polar surface area (TPSA) is 73.7 Å². The molecule has 220 valence electrons. The van der Waals surface area contributed by atoms with Gasteiger partial charge >= 0.3 is 7.60 Å². The highest BCUT2D eigenvalue weighted by Gasteiger charge is 2.49. The van der Waals surface area contributed by atoms with Crippen LogP contribution in [0.5, 0.6) is 0 Å². The molecule has 1 aromatic carbocycles. The Kier molecular flexibility index (Phi) is 8.06. The van der Waals surface area contributed by atoms with Crippen LogP contribution in [0.25, 0.3) is 11.0 Å². The van der Waals surface area contributed by atoms with Crippen molar-refractivity contribution in [1.82, 2.24) is 14.5 Å². The molecule has 2 saturated heterocycles. The van der Waals surface area contributed by atoms with Gasteiger partial charge in [-0.2, -0.15) is 0 Å². The molecule has 3 heterocycles. The monoisotopic (exact) mass is 569 g/mol. The van der Waals surface area contributed by atoms with Gasteiger partial charge in [-0.25, -0.2) is 4.98 Å². The molecule has 5 fully saturated rings. The van der Waals surface area contributed by atoms with Crippen molar-refractivity contribution in [1.29, 1.82) is 0 Å². The molecule has 7 rings (SSSR count). The van der Waals surface area contributed by atoms with E-state index in [1.807, 2.05) is 28.8 Å². The number of hydrogen-bond acceptors (Lipinski definition) is 6. The number of piperidine rings is 2. The first kappa shape index (κ1) is 28.6. The molecule has 40 heavy (non-hydrogen) atoms. The maximum Gasteiger partial charge on any atom is 0.385 e. The maximum atomic E-state index is 14.2. The number of nitrogens with zero attached hydrogens (tertiary/aromatic N) is 3. The average molecular weight is 570 g/mol. The molecule has 1 aromatic heterocycles. The number of para-hydroxylation sites is 2. The van der Waals surface area contributed by atoms with Crippen molar-refractivity contribution in [3.05, 3.63) is 34.6 Å². The summed E-state index contributed by atoms with van der Waals surface area (Å²) in [5, 5.41) is 0. The summed E-state index contributed by atoms with van der Waals surface area (Å²) in [5.41, 5.74) is 1.09. The van der Waals surface area contributed by atoms with Crippen molar-refractivity contribution in [2.24, 2.45) is 29.6 Å². The summed E-state index contributed by atoms with van der Waals surface area (Å²) in [6, 6.07) is 9.36. The summed E-state index contributed by atoms with van der Waals surface area (Å²) in [6.45, 7) is 11.3. The second kappa shape index (κ2) is 11.3.